The van der Waals surface area contributed by atoms with Crippen LogP contribution < -0.4 is 0 Å². The fraction of sp³-hybridized carbons (Fsp3) is 0.917. The van der Waals surface area contributed by atoms with Crippen LogP contribution >= 0.6 is 10.3 Å². The van der Waals surface area contributed by atoms with Crippen molar-refractivity contribution >= 4 is 26.2 Å². The summed E-state index contributed by atoms with van der Waals surface area (Å²) in [5.41, 5.74) is 0. The summed E-state index contributed by atoms with van der Waals surface area (Å²) in [4.78, 5) is 11.5. The number of hydrogen-bond acceptors (Lipinski definition) is 4. The minimum absolute atomic E-state index is 0.198. The average molecular weight is 460 g/mol. The van der Waals surface area contributed by atoms with Crippen LogP contribution in [0.2, 0.25) is 0 Å². The molecule has 0 heterocycles. The molecule has 4 nitrogen and oxygen atoms in total. The summed E-state index contributed by atoms with van der Waals surface area (Å²) in [5.74, 6) is -17.0. The molecular weight excluding hydrogens is 443 g/mol. The van der Waals surface area contributed by atoms with Crippen LogP contribution in [0.3, 0.4) is 0 Å². The number of halogens is 9. The van der Waals surface area contributed by atoms with Crippen molar-refractivity contribution in [2.24, 2.45) is 0 Å². The third-order valence-corrected chi connectivity index (χ3v) is 9.24. The minimum atomic E-state index is -7.37. The van der Waals surface area contributed by atoms with Gasteiger partial charge in [-0.3, -0.25) is 4.79 Å². The fourth-order valence-electron chi connectivity index (χ4n) is 1.67. The maximum absolute atomic E-state index is 13.7. The largest absolute Gasteiger partial charge is 0.460 e. The number of ketones is 1. The van der Waals surface area contributed by atoms with E-state index in [-0.39, 0.29) is 6.42 Å². The zero-order valence-corrected chi connectivity index (χ0v) is 15.8. The molecule has 0 saturated carbocycles. The van der Waals surface area contributed by atoms with Crippen LogP contribution in [-0.2, 0) is 18.5 Å². The van der Waals surface area contributed by atoms with E-state index < -0.39 is 66.7 Å². The zero-order valence-electron chi connectivity index (χ0n) is 14.2. The lowest BCUT2D eigenvalue weighted by Crippen LogP contribution is -2.63. The van der Waals surface area contributed by atoms with Crippen molar-refractivity contribution in [3.8, 4) is 0 Å². The van der Waals surface area contributed by atoms with Crippen LogP contribution in [0.1, 0.15) is 27.2 Å². The van der Waals surface area contributed by atoms with Crippen molar-refractivity contribution in [3.05, 3.63) is 0 Å². The van der Waals surface area contributed by atoms with Gasteiger partial charge < -0.3 is 0 Å². The highest BCUT2D eigenvalue weighted by Gasteiger charge is 2.86. The van der Waals surface area contributed by atoms with E-state index in [4.69, 9.17) is 0 Å². The molecule has 0 radical (unpaired) electrons. The molecule has 27 heavy (non-hydrogen) atoms. The molecule has 0 aliphatic heterocycles. The Kier molecular flexibility index (Phi) is 7.76. The number of carbonyl (C=O) groups is 1. The third-order valence-electron chi connectivity index (χ3n) is 3.53. The summed E-state index contributed by atoms with van der Waals surface area (Å²) in [7, 11) is -10.3. The number of hydrogen-bond donors (Lipinski definition) is 0. The Balaban J connectivity index is 6.21. The van der Waals surface area contributed by atoms with Crippen LogP contribution in [-0.4, -0.2) is 54.7 Å². The number of alkyl halides is 9. The maximum atomic E-state index is 13.7. The Hall–Kier alpha value is -0.700. The summed E-state index contributed by atoms with van der Waals surface area (Å²) in [5, 5.41) is -6.92. The quantitative estimate of drug-likeness (QED) is 0.451. The van der Waals surface area contributed by atoms with E-state index in [9.17, 15) is 52.7 Å². The minimum Gasteiger partial charge on any atom is -0.299 e. The summed E-state index contributed by atoms with van der Waals surface area (Å²) in [6.45, 7) is 3.65. The second-order valence-electron chi connectivity index (χ2n) is 5.27. The van der Waals surface area contributed by atoms with E-state index in [1.54, 1.807) is 0 Å². The lowest BCUT2D eigenvalue weighted by molar-refractivity contribution is -0.382. The van der Waals surface area contributed by atoms with Crippen molar-refractivity contribution in [1.82, 2.24) is 0 Å². The van der Waals surface area contributed by atoms with Crippen LogP contribution in [0, 0.1) is 0 Å². The summed E-state index contributed by atoms with van der Waals surface area (Å²) in [6.07, 6.45) is -7.36. The lowest BCUT2D eigenvalue weighted by Gasteiger charge is -2.39. The summed E-state index contributed by atoms with van der Waals surface area (Å²) < 4.78 is 143. The summed E-state index contributed by atoms with van der Waals surface area (Å²) >= 11 is 0. The first-order valence-electron chi connectivity index (χ1n) is 7.22. The van der Waals surface area contributed by atoms with Crippen LogP contribution in [0.25, 0.3) is 0 Å². The van der Waals surface area contributed by atoms with Crippen LogP contribution in [0.5, 0.6) is 0 Å². The average Bonchev–Trinajstić information content (AvgIpc) is 2.51. The van der Waals surface area contributed by atoms with Gasteiger partial charge in [-0.2, -0.15) is 47.9 Å². The molecule has 0 atom stereocenters. The van der Waals surface area contributed by atoms with Crippen molar-refractivity contribution in [2.75, 3.05) is 17.3 Å². The second kappa shape index (κ2) is 7.97. The SMILES string of the molecule is CCC(=O)CS(CC)(CC)OS(=O)(=O)C(F)(F)C(F)(F)C(F)(F)C(F)(F)F. The smallest absolute Gasteiger partial charge is 0.299 e. The normalized spacial score (nSPS) is 15.7. The second-order valence-corrected chi connectivity index (χ2v) is 10.6. The van der Waals surface area contributed by atoms with Gasteiger partial charge in [-0.1, -0.05) is 20.8 Å². The summed E-state index contributed by atoms with van der Waals surface area (Å²) in [6, 6.07) is 0. The monoisotopic (exact) mass is 460 g/mol. The van der Waals surface area contributed by atoms with Crippen LogP contribution in [0.15, 0.2) is 0 Å². The van der Waals surface area contributed by atoms with E-state index in [1.165, 1.54) is 6.92 Å². The first-order chi connectivity index (χ1) is 11.8. The van der Waals surface area contributed by atoms with Gasteiger partial charge in [-0.15, -0.1) is 10.3 Å². The molecule has 15 heteroatoms. The molecule has 0 aromatic rings. The first-order valence-corrected chi connectivity index (χ1v) is 10.7. The molecule has 0 spiro atoms. The van der Waals surface area contributed by atoms with E-state index in [0.29, 0.717) is 0 Å². The third kappa shape index (κ3) is 4.66. The van der Waals surface area contributed by atoms with E-state index in [2.05, 4.69) is 3.63 Å². The predicted molar refractivity (Wildman–Crippen MR) is 79.7 cm³/mol. The molecule has 0 unspecified atom stereocenters. The lowest BCUT2D eigenvalue weighted by atomic mass is 10.1. The van der Waals surface area contributed by atoms with Gasteiger partial charge in [0.05, 0.1) is 5.75 Å². The molecule has 0 rings (SSSR count). The fourth-order valence-corrected chi connectivity index (χ4v) is 6.55. The Labute approximate surface area is 151 Å². The van der Waals surface area contributed by atoms with Crippen molar-refractivity contribution < 1.29 is 56.4 Å². The maximum Gasteiger partial charge on any atom is 0.460 e. The molecule has 0 aliphatic carbocycles. The highest BCUT2D eigenvalue weighted by molar-refractivity contribution is 8.33. The molecule has 0 N–H and O–H groups in total. The molecule has 0 bridgehead atoms. The van der Waals surface area contributed by atoms with E-state index in [0.717, 1.165) is 13.8 Å². The first kappa shape index (κ1) is 26.3. The van der Waals surface area contributed by atoms with Crippen molar-refractivity contribution in [3.63, 3.8) is 0 Å². The molecular formula is C12H17F9O4S2. The topological polar surface area (TPSA) is 60.4 Å². The molecule has 0 aromatic heterocycles. The molecule has 0 aliphatic rings. The predicted octanol–water partition coefficient (Wildman–Crippen LogP) is 4.50. The highest BCUT2D eigenvalue weighted by Crippen LogP contribution is 2.58. The Morgan fingerprint density at radius 1 is 0.815 bits per heavy atom. The van der Waals surface area contributed by atoms with Gasteiger partial charge in [-0.25, -0.2) is 3.63 Å². The molecule has 0 saturated heterocycles. The van der Waals surface area contributed by atoms with Gasteiger partial charge in [0.25, 0.3) is 0 Å². The van der Waals surface area contributed by atoms with Crippen molar-refractivity contribution in [1.29, 1.82) is 0 Å². The van der Waals surface area contributed by atoms with Crippen molar-refractivity contribution in [2.45, 2.75) is 50.5 Å². The highest BCUT2D eigenvalue weighted by atomic mass is 32.3. The van der Waals surface area contributed by atoms with Gasteiger partial charge in [0.1, 0.15) is 5.78 Å². The Bertz CT molecular complexity index is 640. The Morgan fingerprint density at radius 2 is 1.22 bits per heavy atom. The zero-order chi connectivity index (χ0) is 22.1. The van der Waals surface area contributed by atoms with Gasteiger partial charge >= 0.3 is 33.4 Å². The van der Waals surface area contributed by atoms with E-state index in [1.807, 2.05) is 0 Å². The molecule has 0 aromatic carbocycles. The number of Topliss-reactive ketones (excluding diaryl/α,β-unsaturated/α-hetero) is 1. The molecule has 0 fully saturated rings. The molecule has 0 amide bonds. The number of carbonyl (C=O) groups excluding carboxylic acids is 1. The van der Waals surface area contributed by atoms with Gasteiger partial charge in [0, 0.05) is 6.42 Å². The number of rotatable bonds is 10. The molecule has 164 valence electrons. The Morgan fingerprint density at radius 3 is 1.52 bits per heavy atom. The standard InChI is InChI=1S/C12H17F9O4S2/c1-4-8(22)7-26(5-2,6-3)25-27(23,24)12(20,21)10(15,16)9(13,14)11(17,18)19/h4-7H2,1-3H3. The van der Waals surface area contributed by atoms with Gasteiger partial charge in [0.15, 0.2) is 0 Å². The van der Waals surface area contributed by atoms with Gasteiger partial charge in [-0.05, 0) is 11.5 Å². The van der Waals surface area contributed by atoms with E-state index >= 15 is 0 Å². The van der Waals surface area contributed by atoms with Gasteiger partial charge in [0.2, 0.25) is 0 Å². The van der Waals surface area contributed by atoms with Crippen LogP contribution in [0.4, 0.5) is 39.5 Å².